The molecular weight excluding hydrogens is 332 g/mol. The van der Waals surface area contributed by atoms with Gasteiger partial charge >= 0.3 is 0 Å². The Kier molecular flexibility index (Phi) is 3.92. The van der Waals surface area contributed by atoms with Crippen molar-refractivity contribution in [1.29, 1.82) is 0 Å². The fourth-order valence-corrected chi connectivity index (χ4v) is 2.84. The summed E-state index contributed by atoms with van der Waals surface area (Å²) < 4.78 is 6.84. The van der Waals surface area contributed by atoms with Crippen LogP contribution in [0.1, 0.15) is 23.2 Å². The molecule has 1 aliphatic heterocycles. The molecule has 2 heterocycles. The number of rotatable bonds is 3. The quantitative estimate of drug-likeness (QED) is 0.923. The first-order valence-corrected chi connectivity index (χ1v) is 7.58. The molecule has 0 atom stereocenters. The maximum atomic E-state index is 11.6. The van der Waals surface area contributed by atoms with Crippen molar-refractivity contribution in [1.82, 2.24) is 4.98 Å². The zero-order valence-corrected chi connectivity index (χ0v) is 13.2. The van der Waals surface area contributed by atoms with E-state index in [1.165, 1.54) is 0 Å². The third-order valence-corrected chi connectivity index (χ3v) is 3.97. The van der Waals surface area contributed by atoms with Crippen LogP contribution >= 0.6 is 15.9 Å². The topological polar surface area (TPSA) is 51.2 Å². The Hall–Kier alpha value is -1.88. The van der Waals surface area contributed by atoms with E-state index in [2.05, 4.69) is 26.2 Å². The largest absolute Gasteiger partial charge is 0.485 e. The van der Waals surface area contributed by atoms with Gasteiger partial charge in [0.15, 0.2) is 0 Å². The number of carbonyl (C=O) groups excluding carboxylic acids is 1. The fraction of sp³-hybridized carbons (Fsp3) is 0.250. The van der Waals surface area contributed by atoms with Gasteiger partial charge in [-0.15, -0.1) is 0 Å². The molecule has 4 nitrogen and oxygen atoms in total. The summed E-state index contributed by atoms with van der Waals surface area (Å²) in [4.78, 5) is 15.9. The molecule has 0 aliphatic carbocycles. The van der Waals surface area contributed by atoms with E-state index in [4.69, 9.17) is 4.74 Å². The number of hydrogen-bond acceptors (Lipinski definition) is 3. The molecule has 0 fully saturated rings. The number of pyridine rings is 1. The molecule has 108 valence electrons. The Morgan fingerprint density at radius 1 is 1.38 bits per heavy atom. The van der Waals surface area contributed by atoms with Crippen LogP contribution < -0.4 is 10.1 Å². The van der Waals surface area contributed by atoms with Crippen LogP contribution in [0, 0.1) is 6.92 Å². The summed E-state index contributed by atoms with van der Waals surface area (Å²) in [5, 5.41) is 2.90. The number of nitrogens with one attached hydrogen (secondary N) is 1. The van der Waals surface area contributed by atoms with Crippen LogP contribution in [0.25, 0.3) is 0 Å². The molecule has 1 aromatic carbocycles. The van der Waals surface area contributed by atoms with E-state index >= 15 is 0 Å². The standard InChI is InChI=1S/C16H15BrN2O2/c1-10-3-2-6-18-13(10)9-21-14-8-12(17)7-11-4-5-15(20)19-16(11)14/h2-3,6-8H,4-5,9H2,1H3,(H,19,20). The second-order valence-electron chi connectivity index (χ2n) is 5.04. The molecule has 1 N–H and O–H groups in total. The molecule has 1 aromatic heterocycles. The lowest BCUT2D eigenvalue weighted by Crippen LogP contribution is -2.20. The van der Waals surface area contributed by atoms with Crippen molar-refractivity contribution in [2.45, 2.75) is 26.4 Å². The number of nitrogens with zero attached hydrogens (tertiary/aromatic N) is 1. The van der Waals surface area contributed by atoms with Gasteiger partial charge in [-0.3, -0.25) is 9.78 Å². The highest BCUT2D eigenvalue weighted by molar-refractivity contribution is 9.10. The summed E-state index contributed by atoms with van der Waals surface area (Å²) in [5.74, 6) is 0.709. The minimum Gasteiger partial charge on any atom is -0.485 e. The Morgan fingerprint density at radius 2 is 2.24 bits per heavy atom. The van der Waals surface area contributed by atoms with Crippen molar-refractivity contribution in [2.75, 3.05) is 5.32 Å². The summed E-state index contributed by atoms with van der Waals surface area (Å²) >= 11 is 3.49. The maximum absolute atomic E-state index is 11.6. The van der Waals surface area contributed by atoms with Gasteiger partial charge in [0.25, 0.3) is 0 Å². The van der Waals surface area contributed by atoms with Crippen molar-refractivity contribution in [2.24, 2.45) is 0 Å². The fourth-order valence-electron chi connectivity index (χ4n) is 2.35. The summed E-state index contributed by atoms with van der Waals surface area (Å²) in [7, 11) is 0. The van der Waals surface area contributed by atoms with E-state index in [1.54, 1.807) is 6.20 Å². The number of amides is 1. The molecule has 3 rings (SSSR count). The van der Waals surface area contributed by atoms with Crippen molar-refractivity contribution in [3.8, 4) is 5.75 Å². The van der Waals surface area contributed by atoms with Crippen LogP contribution in [-0.4, -0.2) is 10.9 Å². The molecule has 0 saturated heterocycles. The van der Waals surface area contributed by atoms with E-state index in [9.17, 15) is 4.79 Å². The monoisotopic (exact) mass is 346 g/mol. The molecule has 0 spiro atoms. The minimum atomic E-state index is 0.0312. The number of aromatic nitrogens is 1. The van der Waals surface area contributed by atoms with Gasteiger partial charge in [-0.25, -0.2) is 0 Å². The van der Waals surface area contributed by atoms with Gasteiger partial charge in [0.05, 0.1) is 11.4 Å². The number of hydrogen-bond donors (Lipinski definition) is 1. The summed E-state index contributed by atoms with van der Waals surface area (Å²) in [6.45, 7) is 2.38. The van der Waals surface area contributed by atoms with E-state index in [1.807, 2.05) is 31.2 Å². The zero-order valence-electron chi connectivity index (χ0n) is 11.6. The van der Waals surface area contributed by atoms with Crippen LogP contribution in [0.5, 0.6) is 5.75 Å². The second kappa shape index (κ2) is 5.85. The number of fused-ring (bicyclic) bond motifs is 1. The summed E-state index contributed by atoms with van der Waals surface area (Å²) in [6.07, 6.45) is 3.01. The molecule has 0 unspecified atom stereocenters. The van der Waals surface area contributed by atoms with Gasteiger partial charge in [0.1, 0.15) is 12.4 Å². The van der Waals surface area contributed by atoms with E-state index in [-0.39, 0.29) is 5.91 Å². The lowest BCUT2D eigenvalue weighted by atomic mass is 10.0. The first-order chi connectivity index (χ1) is 10.1. The Morgan fingerprint density at radius 3 is 3.05 bits per heavy atom. The van der Waals surface area contributed by atoms with Crippen molar-refractivity contribution in [3.63, 3.8) is 0 Å². The SMILES string of the molecule is Cc1cccnc1COc1cc(Br)cc2c1NC(=O)CC2. The minimum absolute atomic E-state index is 0.0312. The molecular formula is C16H15BrN2O2. The molecule has 0 radical (unpaired) electrons. The predicted octanol–water partition coefficient (Wildman–Crippen LogP) is 3.62. The van der Waals surface area contributed by atoms with Crippen molar-refractivity contribution in [3.05, 3.63) is 51.8 Å². The summed E-state index contributed by atoms with van der Waals surface area (Å²) in [5.41, 5.74) is 3.86. The molecule has 0 saturated carbocycles. The van der Waals surface area contributed by atoms with E-state index in [0.717, 1.165) is 33.4 Å². The van der Waals surface area contributed by atoms with Crippen LogP contribution in [0.4, 0.5) is 5.69 Å². The average molecular weight is 347 g/mol. The van der Waals surface area contributed by atoms with Gasteiger partial charge in [-0.1, -0.05) is 22.0 Å². The Labute approximate surface area is 131 Å². The smallest absolute Gasteiger partial charge is 0.224 e. The number of aryl methyl sites for hydroxylation is 2. The van der Waals surface area contributed by atoms with Gasteiger partial charge in [0, 0.05) is 17.1 Å². The van der Waals surface area contributed by atoms with Gasteiger partial charge in [0.2, 0.25) is 5.91 Å². The Balaban J connectivity index is 1.87. The summed E-state index contributed by atoms with van der Waals surface area (Å²) in [6, 6.07) is 7.81. The highest BCUT2D eigenvalue weighted by Crippen LogP contribution is 2.36. The van der Waals surface area contributed by atoms with Gasteiger partial charge in [-0.05, 0) is 42.7 Å². The van der Waals surface area contributed by atoms with Gasteiger partial charge < -0.3 is 10.1 Å². The van der Waals surface area contributed by atoms with Crippen LogP contribution in [0.15, 0.2) is 34.9 Å². The first kappa shape index (κ1) is 14.1. The van der Waals surface area contributed by atoms with Crippen LogP contribution in [0.2, 0.25) is 0 Å². The first-order valence-electron chi connectivity index (χ1n) is 6.79. The highest BCUT2D eigenvalue weighted by Gasteiger charge is 2.20. The highest BCUT2D eigenvalue weighted by atomic mass is 79.9. The molecule has 0 bridgehead atoms. The number of halogens is 1. The lowest BCUT2D eigenvalue weighted by Gasteiger charge is -2.21. The second-order valence-corrected chi connectivity index (χ2v) is 5.96. The van der Waals surface area contributed by atoms with Crippen LogP contribution in [0.3, 0.4) is 0 Å². The van der Waals surface area contributed by atoms with E-state index < -0.39 is 0 Å². The van der Waals surface area contributed by atoms with Crippen molar-refractivity contribution >= 4 is 27.5 Å². The third-order valence-electron chi connectivity index (χ3n) is 3.52. The van der Waals surface area contributed by atoms with Crippen LogP contribution in [-0.2, 0) is 17.8 Å². The number of benzene rings is 1. The molecule has 1 amide bonds. The van der Waals surface area contributed by atoms with Crippen molar-refractivity contribution < 1.29 is 9.53 Å². The number of carbonyl (C=O) groups is 1. The zero-order chi connectivity index (χ0) is 14.8. The maximum Gasteiger partial charge on any atom is 0.224 e. The van der Waals surface area contributed by atoms with E-state index in [0.29, 0.717) is 18.8 Å². The molecule has 1 aliphatic rings. The normalized spacial score (nSPS) is 13.5. The third kappa shape index (κ3) is 3.08. The number of ether oxygens (including phenoxy) is 1. The average Bonchev–Trinajstić information content (AvgIpc) is 2.47. The lowest BCUT2D eigenvalue weighted by molar-refractivity contribution is -0.116. The van der Waals surface area contributed by atoms with Gasteiger partial charge in [-0.2, -0.15) is 0 Å². The molecule has 2 aromatic rings. The Bertz CT molecular complexity index is 701. The number of anilines is 1. The predicted molar refractivity (Wildman–Crippen MR) is 84.4 cm³/mol. The molecule has 5 heteroatoms. The molecule has 21 heavy (non-hydrogen) atoms.